The van der Waals surface area contributed by atoms with Crippen LogP contribution in [0, 0.1) is 17.8 Å². The van der Waals surface area contributed by atoms with Crippen molar-refractivity contribution < 1.29 is 55.1 Å². The Morgan fingerprint density at radius 3 is 2.34 bits per heavy atom. The third-order valence-corrected chi connectivity index (χ3v) is 8.96. The Morgan fingerprint density at radius 1 is 1.09 bits per heavy atom. The molecule has 0 radical (unpaired) electrons. The number of carbonyl (C=O) groups excluding carboxylic acids is 5. The smallest absolute Gasteiger partial charge is 0.461 e. The highest BCUT2D eigenvalue weighted by Crippen LogP contribution is 2.49. The van der Waals surface area contributed by atoms with Crippen LogP contribution in [-0.2, 0) is 28.7 Å². The molecule has 44 heavy (non-hydrogen) atoms. The standard InChI is InChI=1S/C28H36F6N4O6/c1-2-44-25(42)19(29)12-16(11-15-8-9-35-22(15)39)36-23(40)21-18-7-6-17(13-27(18,30)31)38(21)24(41)20(10-14-4-3-5-14)37-26(43)28(32,33)34/h12,14-18,20-21H,2-11,13H2,1H3,(H,35,39)(H,36,40)(H,37,43)/b19-12+/t15-,16+,17-,18-,20+,21+/m0/s1. The Labute approximate surface area is 249 Å². The highest BCUT2D eigenvalue weighted by molar-refractivity contribution is 5.94. The lowest BCUT2D eigenvalue weighted by atomic mass is 9.71. The van der Waals surface area contributed by atoms with Crippen molar-refractivity contribution in [3.8, 4) is 0 Å². The number of hydrogen-bond acceptors (Lipinski definition) is 6. The lowest BCUT2D eigenvalue weighted by Crippen LogP contribution is -2.71. The van der Waals surface area contributed by atoms with Crippen LogP contribution in [0.5, 0.6) is 0 Å². The minimum Gasteiger partial charge on any atom is -0.461 e. The molecule has 2 saturated carbocycles. The van der Waals surface area contributed by atoms with Gasteiger partial charge >= 0.3 is 18.1 Å². The van der Waals surface area contributed by atoms with Crippen molar-refractivity contribution in [2.45, 2.75) is 101 Å². The van der Waals surface area contributed by atoms with E-state index in [0.717, 1.165) is 11.3 Å². The van der Waals surface area contributed by atoms with Gasteiger partial charge in [0.15, 0.2) is 0 Å². The maximum Gasteiger partial charge on any atom is 0.471 e. The average Bonchev–Trinajstić information content (AvgIpc) is 3.31. The molecule has 6 atom stereocenters. The molecule has 3 aliphatic heterocycles. The van der Waals surface area contributed by atoms with Gasteiger partial charge in [0.1, 0.15) is 12.1 Å². The van der Waals surface area contributed by atoms with E-state index in [-0.39, 0.29) is 38.2 Å². The van der Waals surface area contributed by atoms with Crippen LogP contribution >= 0.6 is 0 Å². The predicted octanol–water partition coefficient (Wildman–Crippen LogP) is 2.67. The van der Waals surface area contributed by atoms with Crippen LogP contribution < -0.4 is 16.0 Å². The number of amides is 4. The zero-order chi connectivity index (χ0) is 32.4. The van der Waals surface area contributed by atoms with Crippen LogP contribution in [0.25, 0.3) is 0 Å². The quantitative estimate of drug-likeness (QED) is 0.181. The Kier molecular flexibility index (Phi) is 10.2. The second kappa shape index (κ2) is 13.3. The second-order valence-corrected chi connectivity index (χ2v) is 11.9. The molecule has 10 nitrogen and oxygen atoms in total. The van der Waals surface area contributed by atoms with Gasteiger partial charge in [0, 0.05) is 24.9 Å². The Hall–Kier alpha value is -3.33. The summed E-state index contributed by atoms with van der Waals surface area (Å²) >= 11 is 0. The molecule has 4 amide bonds. The Bertz CT molecular complexity index is 1180. The van der Waals surface area contributed by atoms with Crippen LogP contribution in [-0.4, -0.2) is 83.9 Å². The molecule has 3 saturated heterocycles. The number of nitrogens with one attached hydrogen (secondary N) is 3. The molecule has 0 aromatic heterocycles. The van der Waals surface area contributed by atoms with Crippen molar-refractivity contribution in [3.05, 3.63) is 11.9 Å². The Morgan fingerprint density at radius 2 is 1.80 bits per heavy atom. The van der Waals surface area contributed by atoms with Crippen molar-refractivity contribution >= 4 is 29.6 Å². The zero-order valence-electron chi connectivity index (χ0n) is 24.1. The summed E-state index contributed by atoms with van der Waals surface area (Å²) < 4.78 is 89.1. The van der Waals surface area contributed by atoms with Crippen molar-refractivity contribution in [2.24, 2.45) is 17.8 Å². The van der Waals surface area contributed by atoms with E-state index in [9.17, 15) is 41.5 Å². The first-order valence-corrected chi connectivity index (χ1v) is 14.8. The number of fused-ring (bicyclic) bond motifs is 3. The molecule has 2 bridgehead atoms. The van der Waals surface area contributed by atoms with E-state index < -0.39 is 89.9 Å². The molecule has 3 heterocycles. The molecule has 246 valence electrons. The molecule has 0 spiro atoms. The summed E-state index contributed by atoms with van der Waals surface area (Å²) in [6.07, 6.45) is -3.60. The minimum absolute atomic E-state index is 0.0577. The van der Waals surface area contributed by atoms with Crippen molar-refractivity contribution in [1.29, 1.82) is 0 Å². The van der Waals surface area contributed by atoms with Gasteiger partial charge in [0.2, 0.25) is 23.5 Å². The molecule has 5 rings (SSSR count). The van der Waals surface area contributed by atoms with Gasteiger partial charge in [-0.15, -0.1) is 0 Å². The Balaban J connectivity index is 1.64. The number of ether oxygens (including phenoxy) is 1. The first-order chi connectivity index (χ1) is 20.6. The number of nitrogens with zero attached hydrogens (tertiary/aromatic N) is 1. The summed E-state index contributed by atoms with van der Waals surface area (Å²) in [5.74, 6) is -13.7. The van der Waals surface area contributed by atoms with Gasteiger partial charge in [0.05, 0.1) is 18.6 Å². The van der Waals surface area contributed by atoms with Crippen LogP contribution in [0.15, 0.2) is 11.9 Å². The van der Waals surface area contributed by atoms with Crippen LogP contribution in [0.3, 0.4) is 0 Å². The largest absolute Gasteiger partial charge is 0.471 e. The molecule has 0 aromatic rings. The van der Waals surface area contributed by atoms with E-state index in [1.165, 1.54) is 6.92 Å². The lowest BCUT2D eigenvalue weighted by molar-refractivity contribution is -0.196. The van der Waals surface area contributed by atoms with Crippen molar-refractivity contribution in [3.63, 3.8) is 0 Å². The zero-order valence-corrected chi connectivity index (χ0v) is 24.1. The number of piperidine rings is 2. The summed E-state index contributed by atoms with van der Waals surface area (Å²) in [6, 6.07) is -6.15. The number of hydrogen-bond donors (Lipinski definition) is 3. The van der Waals surface area contributed by atoms with E-state index in [2.05, 4.69) is 15.4 Å². The normalized spacial score (nSPS) is 28.0. The third-order valence-electron chi connectivity index (χ3n) is 8.96. The molecule has 0 aromatic carbocycles. The first kappa shape index (κ1) is 33.6. The topological polar surface area (TPSA) is 134 Å². The van der Waals surface area contributed by atoms with Crippen LogP contribution in [0.1, 0.15) is 64.7 Å². The fourth-order valence-corrected chi connectivity index (χ4v) is 6.59. The fraction of sp³-hybridized carbons (Fsp3) is 0.750. The summed E-state index contributed by atoms with van der Waals surface area (Å²) in [6.45, 7) is 1.58. The second-order valence-electron chi connectivity index (χ2n) is 11.9. The van der Waals surface area contributed by atoms with Gasteiger partial charge in [-0.1, -0.05) is 19.3 Å². The average molecular weight is 639 g/mol. The molecule has 16 heteroatoms. The predicted molar refractivity (Wildman–Crippen MR) is 140 cm³/mol. The molecule has 5 fully saturated rings. The third kappa shape index (κ3) is 7.48. The summed E-state index contributed by atoms with van der Waals surface area (Å²) in [4.78, 5) is 64.4. The van der Waals surface area contributed by atoms with Gasteiger partial charge in [-0.2, -0.15) is 17.6 Å². The summed E-state index contributed by atoms with van der Waals surface area (Å²) in [5, 5.41) is 6.69. The molecule has 2 aliphatic carbocycles. The van der Waals surface area contributed by atoms with Gasteiger partial charge in [0.25, 0.3) is 5.92 Å². The fourth-order valence-electron chi connectivity index (χ4n) is 6.59. The monoisotopic (exact) mass is 638 g/mol. The maximum atomic E-state index is 15.2. The number of alkyl halides is 5. The molecule has 5 aliphatic rings. The molecule has 3 N–H and O–H groups in total. The summed E-state index contributed by atoms with van der Waals surface area (Å²) in [5.41, 5.74) is 0. The van der Waals surface area contributed by atoms with Gasteiger partial charge in [-0.25, -0.2) is 13.6 Å². The molecule has 0 unspecified atom stereocenters. The van der Waals surface area contributed by atoms with E-state index in [1.807, 2.05) is 0 Å². The summed E-state index contributed by atoms with van der Waals surface area (Å²) in [7, 11) is 0. The molecular weight excluding hydrogens is 602 g/mol. The van der Waals surface area contributed by atoms with Crippen molar-refractivity contribution in [2.75, 3.05) is 13.2 Å². The van der Waals surface area contributed by atoms with Gasteiger partial charge in [-0.05, 0) is 51.0 Å². The maximum absolute atomic E-state index is 15.2. The highest BCUT2D eigenvalue weighted by Gasteiger charge is 2.61. The van der Waals surface area contributed by atoms with Crippen molar-refractivity contribution in [1.82, 2.24) is 20.9 Å². The first-order valence-electron chi connectivity index (χ1n) is 14.8. The number of esters is 1. The molecular formula is C28H36F6N4O6. The van der Waals surface area contributed by atoms with E-state index in [0.29, 0.717) is 31.9 Å². The van der Waals surface area contributed by atoms with Gasteiger partial charge in [-0.3, -0.25) is 19.2 Å². The van der Waals surface area contributed by atoms with E-state index >= 15 is 8.78 Å². The SMILES string of the molecule is CCOC(=O)/C(F)=C\[C@@H](C[C@@H]1CCNC1=O)NC(=O)[C@H]1[C@@H]2CC[C@@H](CC2(F)F)N1C(=O)[C@@H](CC1CCC1)NC(=O)C(F)(F)F. The van der Waals surface area contributed by atoms with Gasteiger partial charge < -0.3 is 25.6 Å². The van der Waals surface area contributed by atoms with Crippen LogP contribution in [0.4, 0.5) is 26.3 Å². The number of rotatable bonds is 11. The minimum atomic E-state index is -5.31. The highest BCUT2D eigenvalue weighted by atomic mass is 19.4. The number of carbonyl (C=O) groups is 5. The van der Waals surface area contributed by atoms with E-state index in [4.69, 9.17) is 0 Å². The number of halogens is 6. The van der Waals surface area contributed by atoms with E-state index in [1.54, 1.807) is 5.32 Å². The lowest BCUT2D eigenvalue weighted by Gasteiger charge is -2.54. The van der Waals surface area contributed by atoms with Crippen LogP contribution in [0.2, 0.25) is 0 Å².